The van der Waals surface area contributed by atoms with Crippen LogP contribution in [-0.4, -0.2) is 22.2 Å². The van der Waals surface area contributed by atoms with Crippen LogP contribution in [0.2, 0.25) is 0 Å². The van der Waals surface area contributed by atoms with Crippen molar-refractivity contribution < 1.29 is 14.7 Å². The Balaban J connectivity index is 2.86. The molecular formula is C12H10Br2O3. The summed E-state index contributed by atoms with van der Waals surface area (Å²) in [6, 6.07) is 5.38. The second-order valence-electron chi connectivity index (χ2n) is 3.37. The summed E-state index contributed by atoms with van der Waals surface area (Å²) in [5.41, 5.74) is 1.66. The van der Waals surface area contributed by atoms with E-state index in [0.29, 0.717) is 11.8 Å². The molecule has 1 N–H and O–H groups in total. The van der Waals surface area contributed by atoms with E-state index < -0.39 is 5.97 Å². The second-order valence-corrected chi connectivity index (χ2v) is 4.79. The molecule has 5 heteroatoms. The number of carbonyl (C=O) groups excluding carboxylic acids is 1. The highest BCUT2D eigenvalue weighted by molar-refractivity contribution is 9.10. The van der Waals surface area contributed by atoms with Crippen molar-refractivity contribution in [1.82, 2.24) is 0 Å². The van der Waals surface area contributed by atoms with Crippen molar-refractivity contribution in [2.45, 2.75) is 6.42 Å². The fourth-order valence-electron chi connectivity index (χ4n) is 1.24. The molecule has 0 spiro atoms. The predicted molar refractivity (Wildman–Crippen MR) is 73.3 cm³/mol. The van der Waals surface area contributed by atoms with Crippen LogP contribution in [0.3, 0.4) is 0 Å². The van der Waals surface area contributed by atoms with Gasteiger partial charge in [-0.15, -0.1) is 0 Å². The molecule has 1 aromatic carbocycles. The summed E-state index contributed by atoms with van der Waals surface area (Å²) < 4.78 is 0.805. The van der Waals surface area contributed by atoms with E-state index in [4.69, 9.17) is 5.11 Å². The lowest BCUT2D eigenvalue weighted by atomic mass is 10.1. The number of hydrogen-bond donors (Lipinski definition) is 1. The van der Waals surface area contributed by atoms with Gasteiger partial charge in [-0.2, -0.15) is 0 Å². The maximum atomic E-state index is 11.3. The number of rotatable bonds is 5. The molecule has 0 fully saturated rings. The summed E-state index contributed by atoms with van der Waals surface area (Å²) in [6.07, 6.45) is 2.93. The van der Waals surface area contributed by atoms with E-state index in [1.54, 1.807) is 12.1 Å². The molecule has 0 bridgehead atoms. The largest absolute Gasteiger partial charge is 0.478 e. The molecule has 0 aliphatic heterocycles. The van der Waals surface area contributed by atoms with Gasteiger partial charge in [-0.1, -0.05) is 44.0 Å². The molecule has 3 nitrogen and oxygen atoms in total. The molecule has 0 amide bonds. The summed E-state index contributed by atoms with van der Waals surface area (Å²) >= 11 is 6.47. The van der Waals surface area contributed by atoms with Gasteiger partial charge in [0.25, 0.3) is 0 Å². The lowest BCUT2D eigenvalue weighted by Crippen LogP contribution is -2.04. The van der Waals surface area contributed by atoms with E-state index in [1.807, 2.05) is 6.07 Å². The summed E-state index contributed by atoms with van der Waals surface area (Å²) in [6.45, 7) is 0. The van der Waals surface area contributed by atoms with Gasteiger partial charge in [0.05, 0.1) is 5.33 Å². The fourth-order valence-corrected chi connectivity index (χ4v) is 1.97. The minimum absolute atomic E-state index is 0.0968. The Hall–Kier alpha value is -0.940. The molecule has 0 aliphatic rings. The van der Waals surface area contributed by atoms with Crippen LogP contribution in [-0.2, 0) is 16.0 Å². The van der Waals surface area contributed by atoms with Crippen LogP contribution in [0.25, 0.3) is 6.08 Å². The Morgan fingerprint density at radius 2 is 2.06 bits per heavy atom. The van der Waals surface area contributed by atoms with Crippen molar-refractivity contribution >= 4 is 49.7 Å². The van der Waals surface area contributed by atoms with E-state index in [0.717, 1.165) is 21.7 Å². The SMILES string of the molecule is O=C(O)/C=C/c1ccc(CC(=O)CBr)c(Br)c1. The minimum Gasteiger partial charge on any atom is -0.478 e. The zero-order chi connectivity index (χ0) is 12.8. The van der Waals surface area contributed by atoms with Crippen LogP contribution >= 0.6 is 31.9 Å². The summed E-state index contributed by atoms with van der Waals surface area (Å²) in [5.74, 6) is -0.890. The van der Waals surface area contributed by atoms with Crippen molar-refractivity contribution in [2.75, 3.05) is 5.33 Å². The third-order valence-electron chi connectivity index (χ3n) is 2.03. The minimum atomic E-state index is -0.986. The lowest BCUT2D eigenvalue weighted by molar-refractivity contribution is -0.131. The smallest absolute Gasteiger partial charge is 0.328 e. The van der Waals surface area contributed by atoms with Crippen LogP contribution in [0, 0.1) is 0 Å². The van der Waals surface area contributed by atoms with Gasteiger partial charge < -0.3 is 5.11 Å². The number of ketones is 1. The van der Waals surface area contributed by atoms with Gasteiger partial charge in [0.1, 0.15) is 5.78 Å². The number of carboxylic acids is 1. The molecule has 1 rings (SSSR count). The number of benzene rings is 1. The molecular weight excluding hydrogens is 352 g/mol. The summed E-state index contributed by atoms with van der Waals surface area (Å²) in [4.78, 5) is 21.6. The van der Waals surface area contributed by atoms with E-state index in [2.05, 4.69) is 31.9 Å². The molecule has 0 heterocycles. The van der Waals surface area contributed by atoms with Gasteiger partial charge in [-0.25, -0.2) is 4.79 Å². The van der Waals surface area contributed by atoms with E-state index >= 15 is 0 Å². The zero-order valence-corrected chi connectivity index (χ0v) is 12.0. The number of hydrogen-bond acceptors (Lipinski definition) is 2. The normalized spacial score (nSPS) is 10.7. The molecule has 0 saturated heterocycles. The van der Waals surface area contributed by atoms with Crippen LogP contribution < -0.4 is 0 Å². The topological polar surface area (TPSA) is 54.4 Å². The van der Waals surface area contributed by atoms with E-state index in [-0.39, 0.29) is 5.78 Å². The lowest BCUT2D eigenvalue weighted by Gasteiger charge is -2.03. The molecule has 0 radical (unpaired) electrons. The second kappa shape index (κ2) is 6.71. The Kier molecular flexibility index (Phi) is 5.58. The molecule has 0 saturated carbocycles. The van der Waals surface area contributed by atoms with Gasteiger partial charge in [-0.05, 0) is 23.3 Å². The maximum Gasteiger partial charge on any atom is 0.328 e. The monoisotopic (exact) mass is 360 g/mol. The van der Waals surface area contributed by atoms with Crippen molar-refractivity contribution in [2.24, 2.45) is 0 Å². The van der Waals surface area contributed by atoms with Crippen LogP contribution in [0.4, 0.5) is 0 Å². The molecule has 0 atom stereocenters. The van der Waals surface area contributed by atoms with Crippen LogP contribution in [0.5, 0.6) is 0 Å². The summed E-state index contributed by atoms with van der Waals surface area (Å²) in [5, 5.41) is 8.83. The third-order valence-corrected chi connectivity index (χ3v) is 3.40. The van der Waals surface area contributed by atoms with Crippen molar-refractivity contribution in [3.63, 3.8) is 0 Å². The Morgan fingerprint density at radius 3 is 2.59 bits per heavy atom. The number of alkyl halides is 1. The highest BCUT2D eigenvalue weighted by atomic mass is 79.9. The standard InChI is InChI=1S/C12H10Br2O3/c13-7-10(15)6-9-3-1-8(5-11(9)14)2-4-12(16)17/h1-5H,6-7H2,(H,16,17)/b4-2+. The number of carbonyl (C=O) groups is 2. The Morgan fingerprint density at radius 1 is 1.35 bits per heavy atom. The predicted octanol–water partition coefficient (Wildman–Crippen LogP) is 3.05. The fraction of sp³-hybridized carbons (Fsp3) is 0.167. The van der Waals surface area contributed by atoms with Gasteiger partial charge in [-0.3, -0.25) is 4.79 Å². The Labute approximate surface area is 116 Å². The molecule has 0 aliphatic carbocycles. The van der Waals surface area contributed by atoms with Gasteiger partial charge in [0.15, 0.2) is 0 Å². The van der Waals surface area contributed by atoms with Gasteiger partial charge in [0.2, 0.25) is 0 Å². The highest BCUT2D eigenvalue weighted by Crippen LogP contribution is 2.20. The first-order valence-corrected chi connectivity index (χ1v) is 6.71. The molecule has 17 heavy (non-hydrogen) atoms. The van der Waals surface area contributed by atoms with E-state index in [9.17, 15) is 9.59 Å². The Bertz CT molecular complexity index is 467. The molecule has 1 aromatic rings. The highest BCUT2D eigenvalue weighted by Gasteiger charge is 2.05. The maximum absolute atomic E-state index is 11.3. The van der Waals surface area contributed by atoms with Crippen molar-refractivity contribution in [1.29, 1.82) is 0 Å². The van der Waals surface area contributed by atoms with Crippen LogP contribution in [0.15, 0.2) is 28.7 Å². The number of carboxylic acid groups (broad SMARTS) is 1. The van der Waals surface area contributed by atoms with Crippen molar-refractivity contribution in [3.05, 3.63) is 39.9 Å². The molecule has 90 valence electrons. The third kappa shape index (κ3) is 4.83. The number of Topliss-reactive ketones (excluding diaryl/α,β-unsaturated/α-hetero) is 1. The average Bonchev–Trinajstić information content (AvgIpc) is 2.29. The first-order valence-electron chi connectivity index (χ1n) is 4.80. The van der Waals surface area contributed by atoms with Gasteiger partial charge in [0, 0.05) is 17.0 Å². The quantitative estimate of drug-likeness (QED) is 0.647. The first kappa shape index (κ1) is 14.1. The van der Waals surface area contributed by atoms with Gasteiger partial charge >= 0.3 is 5.97 Å². The first-order chi connectivity index (χ1) is 8.02. The number of aliphatic carboxylic acids is 1. The van der Waals surface area contributed by atoms with E-state index in [1.165, 1.54) is 6.08 Å². The summed E-state index contributed by atoms with van der Waals surface area (Å²) in [7, 11) is 0. The number of halogens is 2. The molecule has 0 unspecified atom stereocenters. The average molecular weight is 362 g/mol. The molecule has 0 aromatic heterocycles. The zero-order valence-electron chi connectivity index (χ0n) is 8.82. The van der Waals surface area contributed by atoms with Crippen molar-refractivity contribution in [3.8, 4) is 0 Å². The van der Waals surface area contributed by atoms with Crippen LogP contribution in [0.1, 0.15) is 11.1 Å².